The molecule has 0 bridgehead atoms. The van der Waals surface area contributed by atoms with E-state index in [1.165, 1.54) is 0 Å². The molecule has 3 heteroatoms. The number of carbonyl (C=O) groups excluding carboxylic acids is 1. The Kier molecular flexibility index (Phi) is 4.33. The molecule has 2 nitrogen and oxygen atoms in total. The molecule has 0 heterocycles. The molecule has 1 aromatic rings. The van der Waals surface area contributed by atoms with Crippen LogP contribution in [-0.2, 0) is 4.79 Å². The van der Waals surface area contributed by atoms with Gasteiger partial charge in [0, 0.05) is 16.6 Å². The molecule has 1 N–H and O–H groups in total. The van der Waals surface area contributed by atoms with E-state index in [4.69, 9.17) is 0 Å². The van der Waals surface area contributed by atoms with Crippen LogP contribution in [0.3, 0.4) is 0 Å². The van der Waals surface area contributed by atoms with Crippen molar-refractivity contribution in [1.29, 1.82) is 0 Å². The van der Waals surface area contributed by atoms with Gasteiger partial charge in [-0.25, -0.2) is 0 Å². The number of hydrogen-bond acceptors (Lipinski definition) is 1. The zero-order valence-corrected chi connectivity index (χ0v) is 10.9. The lowest BCUT2D eigenvalue weighted by atomic mass is 10.1. The van der Waals surface area contributed by atoms with Gasteiger partial charge >= 0.3 is 0 Å². The van der Waals surface area contributed by atoms with E-state index in [9.17, 15) is 4.79 Å². The summed E-state index contributed by atoms with van der Waals surface area (Å²) in [7, 11) is 0. The molecule has 0 saturated carbocycles. The van der Waals surface area contributed by atoms with Gasteiger partial charge in [0.2, 0.25) is 5.91 Å². The van der Waals surface area contributed by atoms with Crippen molar-refractivity contribution in [3.63, 3.8) is 0 Å². The minimum absolute atomic E-state index is 0.0850. The number of halogens is 1. The second-order valence-electron chi connectivity index (χ2n) is 3.66. The zero-order chi connectivity index (χ0) is 11.4. The number of nitrogens with one attached hydrogen (secondary N) is 1. The Morgan fingerprint density at radius 3 is 2.67 bits per heavy atom. The summed E-state index contributed by atoms with van der Waals surface area (Å²) < 4.78 is 1.03. The number of hydrogen-bond donors (Lipinski definition) is 1. The molecule has 1 aromatic carbocycles. The maximum atomic E-state index is 11.5. The predicted molar refractivity (Wildman–Crippen MR) is 67.2 cm³/mol. The Balaban J connectivity index is 2.93. The van der Waals surface area contributed by atoms with Crippen LogP contribution in [0.25, 0.3) is 0 Å². The summed E-state index contributed by atoms with van der Waals surface area (Å²) in [5, 5.41) is 2.95. The first kappa shape index (κ1) is 12.2. The van der Waals surface area contributed by atoms with Gasteiger partial charge in [0.15, 0.2) is 0 Å². The molecule has 0 aliphatic heterocycles. The quantitative estimate of drug-likeness (QED) is 0.889. The largest absolute Gasteiger partial charge is 0.326 e. The highest BCUT2D eigenvalue weighted by atomic mass is 79.9. The van der Waals surface area contributed by atoms with Crippen LogP contribution in [-0.4, -0.2) is 5.91 Å². The fourth-order valence-corrected chi connectivity index (χ4v) is 1.77. The van der Waals surface area contributed by atoms with E-state index in [1.54, 1.807) is 0 Å². The normalized spacial score (nSPS) is 10.1. The number of aryl methyl sites for hydroxylation is 1. The molecule has 0 unspecified atom stereocenters. The van der Waals surface area contributed by atoms with Gasteiger partial charge < -0.3 is 5.32 Å². The lowest BCUT2D eigenvalue weighted by molar-refractivity contribution is -0.116. The minimum atomic E-state index is 0.0850. The van der Waals surface area contributed by atoms with Crippen LogP contribution in [0.5, 0.6) is 0 Å². The van der Waals surface area contributed by atoms with E-state index in [0.717, 1.165) is 27.7 Å². The average molecular weight is 270 g/mol. The molecule has 15 heavy (non-hydrogen) atoms. The van der Waals surface area contributed by atoms with Gasteiger partial charge in [-0.2, -0.15) is 0 Å². The third-order valence-electron chi connectivity index (χ3n) is 2.35. The standard InChI is InChI=1S/C12H16BrNO/c1-4-5-11(15)14-12-8(2)6-7-10(13)9(12)3/h6-7H,4-5H2,1-3H3,(H,14,15). The zero-order valence-electron chi connectivity index (χ0n) is 9.36. The fraction of sp³-hybridized carbons (Fsp3) is 0.417. The van der Waals surface area contributed by atoms with Gasteiger partial charge in [0.1, 0.15) is 0 Å². The summed E-state index contributed by atoms with van der Waals surface area (Å²) in [6, 6.07) is 4.00. The molecule has 0 aliphatic carbocycles. The van der Waals surface area contributed by atoms with E-state index in [1.807, 2.05) is 32.9 Å². The third kappa shape index (κ3) is 3.06. The Hall–Kier alpha value is -0.830. The molecule has 0 saturated heterocycles. The summed E-state index contributed by atoms with van der Waals surface area (Å²) in [6.07, 6.45) is 1.45. The Morgan fingerprint density at radius 2 is 2.07 bits per heavy atom. The van der Waals surface area contributed by atoms with Crippen LogP contribution in [0.4, 0.5) is 5.69 Å². The van der Waals surface area contributed by atoms with Crippen LogP contribution in [0, 0.1) is 13.8 Å². The third-order valence-corrected chi connectivity index (χ3v) is 3.21. The van der Waals surface area contributed by atoms with Gasteiger partial charge in [-0.05, 0) is 37.5 Å². The maximum Gasteiger partial charge on any atom is 0.224 e. The molecule has 0 radical (unpaired) electrons. The number of benzene rings is 1. The molecule has 82 valence electrons. The molecule has 1 rings (SSSR count). The Labute approximate surface area is 99.2 Å². The van der Waals surface area contributed by atoms with Crippen molar-refractivity contribution < 1.29 is 4.79 Å². The molecule has 0 aliphatic rings. The van der Waals surface area contributed by atoms with Crippen molar-refractivity contribution in [3.8, 4) is 0 Å². The average Bonchev–Trinajstić information content (AvgIpc) is 2.19. The number of rotatable bonds is 3. The monoisotopic (exact) mass is 269 g/mol. The van der Waals surface area contributed by atoms with Gasteiger partial charge in [0.05, 0.1) is 0 Å². The fourth-order valence-electron chi connectivity index (χ4n) is 1.44. The summed E-state index contributed by atoms with van der Waals surface area (Å²) in [5.41, 5.74) is 3.11. The van der Waals surface area contributed by atoms with E-state index in [2.05, 4.69) is 21.2 Å². The lowest BCUT2D eigenvalue weighted by Crippen LogP contribution is -2.12. The maximum absolute atomic E-state index is 11.5. The van der Waals surface area contributed by atoms with Crippen molar-refractivity contribution in [1.82, 2.24) is 0 Å². The number of anilines is 1. The second kappa shape index (κ2) is 5.31. The number of carbonyl (C=O) groups is 1. The number of amides is 1. The summed E-state index contributed by atoms with van der Waals surface area (Å²) in [5.74, 6) is 0.0850. The first-order chi connectivity index (χ1) is 7.06. The molecular formula is C12H16BrNO. The Morgan fingerprint density at radius 1 is 1.40 bits per heavy atom. The molecule has 0 spiro atoms. The van der Waals surface area contributed by atoms with Crippen molar-refractivity contribution in [2.24, 2.45) is 0 Å². The molecule has 1 amide bonds. The lowest BCUT2D eigenvalue weighted by Gasteiger charge is -2.12. The molecule has 0 aromatic heterocycles. The summed E-state index contributed by atoms with van der Waals surface area (Å²) in [4.78, 5) is 11.5. The van der Waals surface area contributed by atoms with E-state index < -0.39 is 0 Å². The van der Waals surface area contributed by atoms with E-state index >= 15 is 0 Å². The first-order valence-corrected chi connectivity index (χ1v) is 5.91. The van der Waals surface area contributed by atoms with Crippen molar-refractivity contribution in [3.05, 3.63) is 27.7 Å². The van der Waals surface area contributed by atoms with Gasteiger partial charge in [-0.1, -0.05) is 28.9 Å². The van der Waals surface area contributed by atoms with E-state index in [-0.39, 0.29) is 5.91 Å². The van der Waals surface area contributed by atoms with Crippen LogP contribution >= 0.6 is 15.9 Å². The molecule has 0 atom stereocenters. The minimum Gasteiger partial charge on any atom is -0.326 e. The highest BCUT2D eigenvalue weighted by molar-refractivity contribution is 9.10. The van der Waals surface area contributed by atoms with Gasteiger partial charge in [0.25, 0.3) is 0 Å². The topological polar surface area (TPSA) is 29.1 Å². The first-order valence-electron chi connectivity index (χ1n) is 5.11. The van der Waals surface area contributed by atoms with Gasteiger partial charge in [-0.15, -0.1) is 0 Å². The smallest absolute Gasteiger partial charge is 0.224 e. The molecule has 0 fully saturated rings. The highest BCUT2D eigenvalue weighted by Gasteiger charge is 2.08. The van der Waals surface area contributed by atoms with Crippen molar-refractivity contribution in [2.75, 3.05) is 5.32 Å². The SMILES string of the molecule is CCCC(=O)Nc1c(C)ccc(Br)c1C. The highest BCUT2D eigenvalue weighted by Crippen LogP contribution is 2.27. The van der Waals surface area contributed by atoms with Crippen molar-refractivity contribution in [2.45, 2.75) is 33.6 Å². The van der Waals surface area contributed by atoms with Crippen LogP contribution in [0.1, 0.15) is 30.9 Å². The van der Waals surface area contributed by atoms with Crippen LogP contribution in [0.15, 0.2) is 16.6 Å². The van der Waals surface area contributed by atoms with Gasteiger partial charge in [-0.3, -0.25) is 4.79 Å². The van der Waals surface area contributed by atoms with Crippen molar-refractivity contribution >= 4 is 27.5 Å². The summed E-state index contributed by atoms with van der Waals surface area (Å²) >= 11 is 3.46. The Bertz CT molecular complexity index is 374. The molecular weight excluding hydrogens is 254 g/mol. The predicted octanol–water partition coefficient (Wildman–Crippen LogP) is 3.80. The van der Waals surface area contributed by atoms with Crippen LogP contribution in [0.2, 0.25) is 0 Å². The second-order valence-corrected chi connectivity index (χ2v) is 4.52. The van der Waals surface area contributed by atoms with E-state index in [0.29, 0.717) is 6.42 Å². The summed E-state index contributed by atoms with van der Waals surface area (Å²) in [6.45, 7) is 6.00. The van der Waals surface area contributed by atoms with Crippen LogP contribution < -0.4 is 5.32 Å².